The van der Waals surface area contributed by atoms with Gasteiger partial charge in [0.2, 0.25) is 0 Å². The van der Waals surface area contributed by atoms with Crippen molar-refractivity contribution in [3.63, 3.8) is 0 Å². The maximum atomic E-state index is 4.05. The molecule has 2 heteroatoms. The molecule has 158 valence electrons. The van der Waals surface area contributed by atoms with Crippen LogP contribution in [0.25, 0.3) is 6.08 Å². The SMILES string of the molecule is CC1=CC2=C(Br)C3C(=CC2=C1CC1=Cc2ccccc2C1)N(c1ccccc1)C(C)=C3C. The predicted octanol–water partition coefficient (Wildman–Crippen LogP) is 8.25. The lowest BCUT2D eigenvalue weighted by Crippen LogP contribution is -2.21. The van der Waals surface area contributed by atoms with Gasteiger partial charge in [0, 0.05) is 21.6 Å². The van der Waals surface area contributed by atoms with Gasteiger partial charge in [0.25, 0.3) is 0 Å². The molecule has 0 N–H and O–H groups in total. The number of allylic oxidation sites excluding steroid dienone is 9. The fourth-order valence-corrected chi connectivity index (χ4v) is 6.57. The molecule has 1 atom stereocenters. The van der Waals surface area contributed by atoms with Gasteiger partial charge in [-0.3, -0.25) is 0 Å². The number of anilines is 1. The quantitative estimate of drug-likeness (QED) is 0.428. The molecule has 0 bridgehead atoms. The zero-order valence-electron chi connectivity index (χ0n) is 18.7. The minimum Gasteiger partial charge on any atom is -0.317 e. The lowest BCUT2D eigenvalue weighted by atomic mass is 9.86. The van der Waals surface area contributed by atoms with Crippen LogP contribution >= 0.6 is 15.9 Å². The maximum absolute atomic E-state index is 4.05. The van der Waals surface area contributed by atoms with E-state index < -0.39 is 0 Å². The molecule has 0 amide bonds. The smallest absolute Gasteiger partial charge is 0.0545 e. The summed E-state index contributed by atoms with van der Waals surface area (Å²) in [5, 5.41) is 0. The highest BCUT2D eigenvalue weighted by Crippen LogP contribution is 2.53. The van der Waals surface area contributed by atoms with Crippen LogP contribution in [0.2, 0.25) is 0 Å². The fourth-order valence-electron chi connectivity index (χ4n) is 5.67. The molecule has 0 fully saturated rings. The van der Waals surface area contributed by atoms with E-state index in [0.29, 0.717) is 5.92 Å². The Bertz CT molecular complexity index is 1340. The molecule has 0 saturated heterocycles. The van der Waals surface area contributed by atoms with Crippen LogP contribution in [0.3, 0.4) is 0 Å². The van der Waals surface area contributed by atoms with Crippen molar-refractivity contribution in [2.45, 2.75) is 33.6 Å². The van der Waals surface area contributed by atoms with E-state index in [9.17, 15) is 0 Å². The van der Waals surface area contributed by atoms with Crippen molar-refractivity contribution < 1.29 is 0 Å². The molecule has 2 aromatic rings. The highest BCUT2D eigenvalue weighted by molar-refractivity contribution is 9.11. The van der Waals surface area contributed by atoms with Gasteiger partial charge in [-0.25, -0.2) is 0 Å². The monoisotopic (exact) mass is 479 g/mol. The van der Waals surface area contributed by atoms with Crippen LogP contribution < -0.4 is 4.90 Å². The molecule has 0 radical (unpaired) electrons. The third-order valence-corrected chi connectivity index (χ3v) is 8.28. The third kappa shape index (κ3) is 2.89. The van der Waals surface area contributed by atoms with E-state index in [4.69, 9.17) is 0 Å². The van der Waals surface area contributed by atoms with Crippen LogP contribution in [0.4, 0.5) is 5.69 Å². The second-order valence-electron chi connectivity index (χ2n) is 9.28. The van der Waals surface area contributed by atoms with E-state index in [1.807, 2.05) is 0 Å². The van der Waals surface area contributed by atoms with Crippen LogP contribution in [0.1, 0.15) is 38.3 Å². The van der Waals surface area contributed by atoms with Gasteiger partial charge >= 0.3 is 0 Å². The van der Waals surface area contributed by atoms with Gasteiger partial charge in [-0.05, 0) is 90.8 Å². The first-order valence-electron chi connectivity index (χ1n) is 11.4. The lowest BCUT2D eigenvalue weighted by Gasteiger charge is -2.29. The predicted molar refractivity (Wildman–Crippen MR) is 138 cm³/mol. The summed E-state index contributed by atoms with van der Waals surface area (Å²) < 4.78 is 1.30. The van der Waals surface area contributed by atoms with Crippen molar-refractivity contribution in [2.24, 2.45) is 5.92 Å². The average Bonchev–Trinajstić information content (AvgIpc) is 3.43. The summed E-state index contributed by atoms with van der Waals surface area (Å²) in [6, 6.07) is 19.5. The number of hydrogen-bond acceptors (Lipinski definition) is 1. The standard InChI is InChI=1S/C30H26BrN/c1-18-13-27-26(25(18)16-21-14-22-9-7-8-10-23(22)15-21)17-28-29(30(27)31)19(2)20(3)32(28)24-11-5-4-6-12-24/h4-14,17,29H,15-16H2,1-3H3. The Morgan fingerprint density at radius 1 is 0.875 bits per heavy atom. The Kier molecular flexibility index (Phi) is 4.55. The van der Waals surface area contributed by atoms with Gasteiger partial charge < -0.3 is 4.90 Å². The number of fused-ring (bicyclic) bond motifs is 3. The van der Waals surface area contributed by atoms with Crippen molar-refractivity contribution >= 4 is 27.7 Å². The second kappa shape index (κ2) is 7.35. The average molecular weight is 480 g/mol. The first-order valence-corrected chi connectivity index (χ1v) is 12.2. The van der Waals surface area contributed by atoms with Gasteiger partial charge in [0.1, 0.15) is 0 Å². The van der Waals surface area contributed by atoms with Crippen LogP contribution in [-0.2, 0) is 6.42 Å². The fraction of sp³-hybridized carbons (Fsp3) is 0.200. The molecule has 0 spiro atoms. The number of halogens is 1. The van der Waals surface area contributed by atoms with Crippen molar-refractivity contribution in [1.82, 2.24) is 0 Å². The molecule has 32 heavy (non-hydrogen) atoms. The second-order valence-corrected chi connectivity index (χ2v) is 10.1. The Labute approximate surface area is 199 Å². The Balaban J connectivity index is 1.44. The number of para-hydroxylation sites is 1. The van der Waals surface area contributed by atoms with Crippen molar-refractivity contribution in [3.05, 3.63) is 127 Å². The van der Waals surface area contributed by atoms with Crippen molar-refractivity contribution in [1.29, 1.82) is 0 Å². The number of hydrogen-bond donors (Lipinski definition) is 0. The minimum atomic E-state index is 0.298. The lowest BCUT2D eigenvalue weighted by molar-refractivity contribution is 0.883. The largest absolute Gasteiger partial charge is 0.317 e. The topological polar surface area (TPSA) is 3.24 Å². The molecule has 1 aliphatic heterocycles. The van der Waals surface area contributed by atoms with Crippen molar-refractivity contribution in [2.75, 3.05) is 4.90 Å². The molecule has 3 aliphatic carbocycles. The van der Waals surface area contributed by atoms with E-state index in [1.165, 1.54) is 66.1 Å². The molecule has 4 aliphatic rings. The molecule has 2 aromatic carbocycles. The zero-order valence-corrected chi connectivity index (χ0v) is 20.3. The van der Waals surface area contributed by atoms with Gasteiger partial charge in [-0.15, -0.1) is 0 Å². The first-order chi connectivity index (χ1) is 15.5. The van der Waals surface area contributed by atoms with Crippen LogP contribution in [0, 0.1) is 5.92 Å². The van der Waals surface area contributed by atoms with Crippen LogP contribution in [-0.4, -0.2) is 0 Å². The summed E-state index contributed by atoms with van der Waals surface area (Å²) in [4.78, 5) is 2.45. The summed E-state index contributed by atoms with van der Waals surface area (Å²) in [6.07, 6.45) is 9.32. The minimum absolute atomic E-state index is 0.298. The van der Waals surface area contributed by atoms with Crippen LogP contribution in [0.5, 0.6) is 0 Å². The summed E-state index contributed by atoms with van der Waals surface area (Å²) in [7, 11) is 0. The molecule has 0 aromatic heterocycles. The highest BCUT2D eigenvalue weighted by Gasteiger charge is 2.40. The summed E-state index contributed by atoms with van der Waals surface area (Å²) in [6.45, 7) is 6.80. The van der Waals surface area contributed by atoms with Gasteiger partial charge in [0.05, 0.1) is 5.92 Å². The Morgan fingerprint density at radius 3 is 2.41 bits per heavy atom. The molecule has 6 rings (SSSR count). The number of benzene rings is 2. The van der Waals surface area contributed by atoms with Crippen molar-refractivity contribution in [3.8, 4) is 0 Å². The highest BCUT2D eigenvalue weighted by atomic mass is 79.9. The zero-order chi connectivity index (χ0) is 22.0. The molecular formula is C30H26BrN. The molecular weight excluding hydrogens is 454 g/mol. The Morgan fingerprint density at radius 2 is 1.62 bits per heavy atom. The maximum Gasteiger partial charge on any atom is 0.0545 e. The molecule has 0 saturated carbocycles. The number of nitrogens with zero attached hydrogens (tertiary/aromatic N) is 1. The normalized spacial score (nSPS) is 21.6. The van der Waals surface area contributed by atoms with E-state index in [1.54, 1.807) is 0 Å². The number of rotatable bonds is 3. The summed E-state index contributed by atoms with van der Waals surface area (Å²) in [5.74, 6) is 0.298. The van der Waals surface area contributed by atoms with E-state index >= 15 is 0 Å². The van der Waals surface area contributed by atoms with Gasteiger partial charge in [-0.1, -0.05) is 76.1 Å². The van der Waals surface area contributed by atoms with E-state index in [0.717, 1.165) is 12.8 Å². The Hall–Kier alpha value is -2.84. The first kappa shape index (κ1) is 19.8. The van der Waals surface area contributed by atoms with E-state index in [2.05, 4.69) is 114 Å². The molecule has 1 heterocycles. The van der Waals surface area contributed by atoms with Gasteiger partial charge in [-0.2, -0.15) is 0 Å². The van der Waals surface area contributed by atoms with Crippen LogP contribution in [0.15, 0.2) is 116 Å². The molecule has 1 nitrogen and oxygen atoms in total. The summed E-state index contributed by atoms with van der Waals surface area (Å²) in [5.41, 5.74) is 15.3. The molecule has 1 unspecified atom stereocenters. The summed E-state index contributed by atoms with van der Waals surface area (Å²) >= 11 is 4.05. The van der Waals surface area contributed by atoms with E-state index in [-0.39, 0.29) is 0 Å². The third-order valence-electron chi connectivity index (χ3n) is 7.40. The van der Waals surface area contributed by atoms with Gasteiger partial charge in [0.15, 0.2) is 0 Å².